The van der Waals surface area contributed by atoms with Crippen molar-refractivity contribution in [1.82, 2.24) is 9.78 Å². The van der Waals surface area contributed by atoms with Gasteiger partial charge >= 0.3 is 0 Å². The number of anilines is 1. The van der Waals surface area contributed by atoms with E-state index >= 15 is 0 Å². The van der Waals surface area contributed by atoms with Crippen molar-refractivity contribution in [2.45, 2.75) is 24.3 Å². The molecule has 1 N–H and O–H groups in total. The summed E-state index contributed by atoms with van der Waals surface area (Å²) in [5, 5.41) is 13.4. The first-order valence-corrected chi connectivity index (χ1v) is 8.21. The number of rotatable bonds is 5. The van der Waals surface area contributed by atoms with Gasteiger partial charge < -0.3 is 5.11 Å². The molecule has 1 aliphatic carbocycles. The van der Waals surface area contributed by atoms with Gasteiger partial charge in [0.2, 0.25) is 0 Å². The van der Waals surface area contributed by atoms with Crippen LogP contribution in [-0.2, 0) is 16.6 Å². The Kier molecular flexibility index (Phi) is 3.36. The quantitative estimate of drug-likeness (QED) is 0.914. The van der Waals surface area contributed by atoms with Gasteiger partial charge in [-0.1, -0.05) is 0 Å². The second-order valence-corrected chi connectivity index (χ2v) is 7.30. The number of benzene rings is 1. The van der Waals surface area contributed by atoms with Gasteiger partial charge in [-0.3, -0.25) is 8.99 Å². The van der Waals surface area contributed by atoms with Gasteiger partial charge in [0, 0.05) is 19.8 Å². The molecule has 0 atom stereocenters. The summed E-state index contributed by atoms with van der Waals surface area (Å²) < 4.78 is 28.0. The minimum absolute atomic E-state index is 0.0989. The van der Waals surface area contributed by atoms with Crippen molar-refractivity contribution in [3.63, 3.8) is 0 Å². The summed E-state index contributed by atoms with van der Waals surface area (Å²) in [5.74, 6) is 0.733. The Hall–Kier alpha value is -2.02. The highest BCUT2D eigenvalue weighted by molar-refractivity contribution is 7.92. The first-order chi connectivity index (χ1) is 9.96. The fraction of sp³-hybridized carbons (Fsp3) is 0.357. The van der Waals surface area contributed by atoms with E-state index in [2.05, 4.69) is 5.10 Å². The Morgan fingerprint density at radius 1 is 1.33 bits per heavy atom. The summed E-state index contributed by atoms with van der Waals surface area (Å²) in [6.45, 7) is 0.776. The van der Waals surface area contributed by atoms with Crippen molar-refractivity contribution in [3.05, 3.63) is 36.7 Å². The van der Waals surface area contributed by atoms with Crippen molar-refractivity contribution < 1.29 is 13.5 Å². The van der Waals surface area contributed by atoms with Crippen molar-refractivity contribution in [1.29, 1.82) is 0 Å². The molecule has 0 aliphatic heterocycles. The summed E-state index contributed by atoms with van der Waals surface area (Å²) in [5.41, 5.74) is 0.489. The van der Waals surface area contributed by atoms with Gasteiger partial charge in [-0.2, -0.15) is 5.10 Å². The van der Waals surface area contributed by atoms with Crippen LogP contribution in [0.5, 0.6) is 5.75 Å². The molecule has 112 valence electrons. The fourth-order valence-corrected chi connectivity index (χ4v) is 3.25. The molecular formula is C14H17N3O3S. The number of sulfonamides is 1. The molecule has 2 aromatic rings. The average Bonchev–Trinajstić information content (AvgIpc) is 3.13. The predicted octanol–water partition coefficient (Wildman–Crippen LogP) is 1.82. The number of nitrogens with zero attached hydrogens (tertiary/aromatic N) is 3. The van der Waals surface area contributed by atoms with Crippen molar-refractivity contribution in [2.75, 3.05) is 11.4 Å². The summed E-state index contributed by atoms with van der Waals surface area (Å²) in [6.07, 6.45) is 5.34. The van der Waals surface area contributed by atoms with E-state index in [1.807, 2.05) is 0 Å². The number of hydrogen-bond acceptors (Lipinski definition) is 4. The molecule has 0 radical (unpaired) electrons. The van der Waals surface area contributed by atoms with Crippen LogP contribution in [0.4, 0.5) is 5.69 Å². The van der Waals surface area contributed by atoms with Crippen LogP contribution in [0.25, 0.3) is 0 Å². The van der Waals surface area contributed by atoms with E-state index < -0.39 is 10.0 Å². The SMILES string of the molecule is CN(c1ccc(O)cc1)S(=O)(=O)c1cnn(CC2CC2)c1. The topological polar surface area (TPSA) is 75.4 Å². The first kappa shape index (κ1) is 13.9. The Labute approximate surface area is 123 Å². The van der Waals surface area contributed by atoms with Crippen LogP contribution in [0.1, 0.15) is 12.8 Å². The molecule has 1 aromatic carbocycles. The van der Waals surface area contributed by atoms with Crippen LogP contribution in [0.15, 0.2) is 41.6 Å². The highest BCUT2D eigenvalue weighted by atomic mass is 32.2. The molecule has 0 unspecified atom stereocenters. The molecule has 1 fully saturated rings. The number of aromatic nitrogens is 2. The van der Waals surface area contributed by atoms with Crippen molar-refractivity contribution >= 4 is 15.7 Å². The molecule has 6 nitrogen and oxygen atoms in total. The smallest absolute Gasteiger partial charge is 0.267 e. The van der Waals surface area contributed by atoms with Gasteiger partial charge in [0.1, 0.15) is 10.6 Å². The summed E-state index contributed by atoms with van der Waals surface area (Å²) in [6, 6.07) is 6.03. The normalized spacial score (nSPS) is 15.1. The standard InChI is InChI=1S/C14H17N3O3S/c1-16(12-4-6-13(18)7-5-12)21(19,20)14-8-15-17(10-14)9-11-2-3-11/h4-8,10-11,18H,2-3,9H2,1H3. The molecule has 0 saturated heterocycles. The molecule has 21 heavy (non-hydrogen) atoms. The maximum Gasteiger partial charge on any atom is 0.267 e. The molecule has 0 amide bonds. The van der Waals surface area contributed by atoms with E-state index in [9.17, 15) is 13.5 Å². The number of phenolic OH excluding ortho intramolecular Hbond substituents is 1. The van der Waals surface area contributed by atoms with E-state index in [0.717, 1.165) is 6.54 Å². The molecule has 1 saturated carbocycles. The zero-order valence-electron chi connectivity index (χ0n) is 11.7. The van der Waals surface area contributed by atoms with Gasteiger partial charge in [-0.05, 0) is 43.0 Å². The zero-order valence-corrected chi connectivity index (χ0v) is 12.5. The van der Waals surface area contributed by atoms with Crippen LogP contribution >= 0.6 is 0 Å². The molecule has 1 aliphatic rings. The second kappa shape index (κ2) is 5.07. The van der Waals surface area contributed by atoms with Crippen LogP contribution < -0.4 is 4.31 Å². The predicted molar refractivity (Wildman–Crippen MR) is 78.6 cm³/mol. The molecule has 3 rings (SSSR count). The Morgan fingerprint density at radius 2 is 2.00 bits per heavy atom. The highest BCUT2D eigenvalue weighted by Gasteiger charge is 2.25. The van der Waals surface area contributed by atoms with Gasteiger partial charge in [0.05, 0.1) is 11.9 Å². The molecule has 0 bridgehead atoms. The molecule has 0 spiro atoms. The lowest BCUT2D eigenvalue weighted by atomic mass is 10.3. The van der Waals surface area contributed by atoms with Crippen LogP contribution in [0.3, 0.4) is 0 Å². The second-order valence-electron chi connectivity index (χ2n) is 5.33. The summed E-state index contributed by atoms with van der Waals surface area (Å²) in [4.78, 5) is 0.179. The minimum atomic E-state index is -3.63. The Balaban J connectivity index is 1.84. The minimum Gasteiger partial charge on any atom is -0.508 e. The third kappa shape index (κ3) is 2.87. The maximum absolute atomic E-state index is 12.5. The molecular weight excluding hydrogens is 290 g/mol. The van der Waals surface area contributed by atoms with Crippen LogP contribution in [0.2, 0.25) is 0 Å². The van der Waals surface area contributed by atoms with E-state index in [1.54, 1.807) is 23.0 Å². The van der Waals surface area contributed by atoms with Gasteiger partial charge in [0.15, 0.2) is 0 Å². The molecule has 1 aromatic heterocycles. The fourth-order valence-electron chi connectivity index (χ4n) is 2.10. The van der Waals surface area contributed by atoms with E-state index in [-0.39, 0.29) is 10.6 Å². The first-order valence-electron chi connectivity index (χ1n) is 6.77. The van der Waals surface area contributed by atoms with Crippen LogP contribution in [-0.4, -0.2) is 30.4 Å². The Morgan fingerprint density at radius 3 is 2.62 bits per heavy atom. The number of hydrogen-bond donors (Lipinski definition) is 1. The largest absolute Gasteiger partial charge is 0.508 e. The lowest BCUT2D eigenvalue weighted by Crippen LogP contribution is -2.26. The number of phenols is 1. The highest BCUT2D eigenvalue weighted by Crippen LogP contribution is 2.31. The van der Waals surface area contributed by atoms with Crippen molar-refractivity contribution in [3.8, 4) is 5.75 Å². The van der Waals surface area contributed by atoms with Gasteiger partial charge in [-0.15, -0.1) is 0 Å². The zero-order chi connectivity index (χ0) is 15.0. The average molecular weight is 307 g/mol. The maximum atomic E-state index is 12.5. The summed E-state index contributed by atoms with van der Waals surface area (Å²) in [7, 11) is -2.15. The molecule has 1 heterocycles. The number of aromatic hydroxyl groups is 1. The van der Waals surface area contributed by atoms with E-state index in [1.165, 1.54) is 42.5 Å². The summed E-state index contributed by atoms with van der Waals surface area (Å²) >= 11 is 0. The Bertz CT molecular complexity index is 733. The molecule has 7 heteroatoms. The van der Waals surface area contributed by atoms with E-state index in [0.29, 0.717) is 11.6 Å². The lowest BCUT2D eigenvalue weighted by molar-refractivity contribution is 0.475. The van der Waals surface area contributed by atoms with Crippen LogP contribution in [0, 0.1) is 5.92 Å². The van der Waals surface area contributed by atoms with Crippen molar-refractivity contribution in [2.24, 2.45) is 5.92 Å². The lowest BCUT2D eigenvalue weighted by Gasteiger charge is -2.18. The van der Waals surface area contributed by atoms with Gasteiger partial charge in [-0.25, -0.2) is 8.42 Å². The van der Waals surface area contributed by atoms with E-state index in [4.69, 9.17) is 0 Å². The van der Waals surface area contributed by atoms with Gasteiger partial charge in [0.25, 0.3) is 10.0 Å². The third-order valence-corrected chi connectivity index (χ3v) is 5.36. The monoisotopic (exact) mass is 307 g/mol. The third-order valence-electron chi connectivity index (χ3n) is 3.62.